The third kappa shape index (κ3) is 8.26. The van der Waals surface area contributed by atoms with Gasteiger partial charge < -0.3 is 40.4 Å². The third-order valence-corrected chi connectivity index (χ3v) is 8.82. The van der Waals surface area contributed by atoms with Gasteiger partial charge in [-0.2, -0.15) is 4.68 Å². The molecule has 5 aromatic rings. The molecular formula is C35H34ClN9O8. The summed E-state index contributed by atoms with van der Waals surface area (Å²) >= 11 is 6.28. The molecule has 1 fully saturated rings. The number of nitrogens with zero attached hydrogens (tertiary/aromatic N) is 6. The van der Waals surface area contributed by atoms with E-state index in [2.05, 4.69) is 31.5 Å². The Kier molecular flexibility index (Phi) is 10.4. The Morgan fingerprint density at radius 1 is 0.943 bits per heavy atom. The number of urea groups is 1. The summed E-state index contributed by atoms with van der Waals surface area (Å²) in [5.74, 6) is -3.96. The number of nitrogens with one attached hydrogen (secondary N) is 3. The molecule has 3 aromatic carbocycles. The van der Waals surface area contributed by atoms with Gasteiger partial charge in [-0.15, -0.1) is 5.10 Å². The van der Waals surface area contributed by atoms with Crippen molar-refractivity contribution in [2.24, 2.45) is 0 Å². The minimum atomic E-state index is -1.25. The largest absolute Gasteiger partial charge is 0.475 e. The maximum absolute atomic E-state index is 14.0. The smallest absolute Gasteiger partial charge is 0.371 e. The second-order valence-electron chi connectivity index (χ2n) is 12.9. The van der Waals surface area contributed by atoms with E-state index in [1.54, 1.807) is 50.2 Å². The normalized spacial score (nSPS) is 14.0. The average Bonchev–Trinajstić information content (AvgIpc) is 3.80. The first-order valence-corrected chi connectivity index (χ1v) is 16.7. The molecule has 17 nitrogen and oxygen atoms in total. The summed E-state index contributed by atoms with van der Waals surface area (Å²) in [4.78, 5) is 68.2. The zero-order chi connectivity index (χ0) is 37.9. The van der Waals surface area contributed by atoms with Crippen molar-refractivity contribution < 1.29 is 38.6 Å². The lowest BCUT2D eigenvalue weighted by molar-refractivity contribution is -0.149. The molecule has 6 rings (SSSR count). The van der Waals surface area contributed by atoms with Crippen molar-refractivity contribution in [3.05, 3.63) is 89.4 Å². The van der Waals surface area contributed by atoms with Crippen molar-refractivity contribution in [2.45, 2.75) is 38.3 Å². The van der Waals surface area contributed by atoms with Gasteiger partial charge in [0.2, 0.25) is 11.7 Å². The van der Waals surface area contributed by atoms with E-state index in [-0.39, 0.29) is 31.9 Å². The number of aromatic nitrogens is 4. The molecule has 1 aliphatic rings. The first kappa shape index (κ1) is 36.5. The lowest BCUT2D eigenvalue weighted by Crippen LogP contribution is -2.60. The highest BCUT2D eigenvalue weighted by molar-refractivity contribution is 6.41. The lowest BCUT2D eigenvalue weighted by Gasteiger charge is -2.38. The number of carbonyl (C=O) groups is 5. The Morgan fingerprint density at radius 2 is 1.70 bits per heavy atom. The number of furan rings is 1. The van der Waals surface area contributed by atoms with Crippen molar-refractivity contribution in [1.29, 1.82) is 0 Å². The predicted molar refractivity (Wildman–Crippen MR) is 192 cm³/mol. The summed E-state index contributed by atoms with van der Waals surface area (Å²) in [5.41, 5.74) is 1.74. The van der Waals surface area contributed by atoms with Gasteiger partial charge in [0.25, 0.3) is 0 Å². The molecule has 1 saturated heterocycles. The topological polar surface area (TPSA) is 225 Å². The van der Waals surface area contributed by atoms with E-state index in [9.17, 15) is 34.2 Å². The molecule has 0 radical (unpaired) electrons. The van der Waals surface area contributed by atoms with Crippen LogP contribution in [0.1, 0.15) is 36.4 Å². The molecule has 18 heteroatoms. The van der Waals surface area contributed by atoms with Crippen LogP contribution in [0, 0.1) is 0 Å². The number of benzene rings is 3. The maximum Gasteiger partial charge on any atom is 0.371 e. The minimum Gasteiger partial charge on any atom is -0.475 e. The first-order chi connectivity index (χ1) is 25.3. The van der Waals surface area contributed by atoms with Crippen LogP contribution in [0.15, 0.2) is 77.5 Å². The molecule has 5 amide bonds. The van der Waals surface area contributed by atoms with Crippen LogP contribution in [-0.4, -0.2) is 96.3 Å². The minimum absolute atomic E-state index is 0.00731. The summed E-state index contributed by atoms with van der Waals surface area (Å²) in [6, 6.07) is 15.7. The number of anilines is 3. The van der Waals surface area contributed by atoms with Crippen molar-refractivity contribution in [3.63, 3.8) is 0 Å². The Hall–Kier alpha value is -6.33. The maximum atomic E-state index is 14.0. The number of amides is 5. The van der Waals surface area contributed by atoms with Crippen molar-refractivity contribution in [1.82, 2.24) is 30.4 Å². The van der Waals surface area contributed by atoms with Crippen LogP contribution in [-0.2, 0) is 20.8 Å². The SMILES string of the molecule is CC(C)(CCO)NC(=O)Nc1ccc(C[C@@H](C(=O)Nc2ccc3oc(C(=O)O)cc3c2)N2CCN(c3cc(Cl)ccc3-n3cnnn3)C(=O)C2=O)cc1. The molecule has 1 aliphatic heterocycles. The van der Waals surface area contributed by atoms with Crippen molar-refractivity contribution in [3.8, 4) is 5.69 Å². The molecule has 0 aliphatic carbocycles. The summed E-state index contributed by atoms with van der Waals surface area (Å²) in [5, 5.41) is 38.8. The van der Waals surface area contributed by atoms with Gasteiger partial charge in [-0.05, 0) is 90.9 Å². The van der Waals surface area contributed by atoms with Gasteiger partial charge >= 0.3 is 23.8 Å². The predicted octanol–water partition coefficient (Wildman–Crippen LogP) is 3.47. The highest BCUT2D eigenvalue weighted by Gasteiger charge is 2.40. The number of aliphatic hydroxyl groups is 1. The summed E-state index contributed by atoms with van der Waals surface area (Å²) in [6.45, 7) is 3.45. The van der Waals surface area contributed by atoms with Gasteiger partial charge in [-0.3, -0.25) is 14.4 Å². The standard InChI is InChI=1S/C35H34ClN9O8/c1-35(2,11-14-46)40-34(52)39-23-6-3-20(4-7-23)15-27(30(47)38-24-8-10-28-21(16-24)17-29(53-28)33(50)51)44-13-12-43(31(48)32(44)49)26-18-22(36)5-9-25(26)45-19-37-41-42-45/h3-10,16-19,27,46H,11-15H2,1-2H3,(H,38,47)(H,50,51)(H2,39,40,52)/t27-/m0/s1. The number of tetrazole rings is 1. The number of aliphatic hydroxyl groups excluding tert-OH is 1. The number of fused-ring (bicyclic) bond motifs is 1. The number of hydrogen-bond acceptors (Lipinski definition) is 10. The molecule has 53 heavy (non-hydrogen) atoms. The second kappa shape index (κ2) is 15.1. The Bertz CT molecular complexity index is 2190. The molecule has 3 heterocycles. The molecule has 1 atom stereocenters. The number of carboxylic acid groups (broad SMARTS) is 1. The molecule has 0 bridgehead atoms. The van der Waals surface area contributed by atoms with Gasteiger partial charge in [0, 0.05) is 53.4 Å². The zero-order valence-electron chi connectivity index (χ0n) is 28.4. The van der Waals surface area contributed by atoms with Crippen LogP contribution in [0.5, 0.6) is 0 Å². The van der Waals surface area contributed by atoms with Crippen LogP contribution in [0.25, 0.3) is 16.7 Å². The fourth-order valence-electron chi connectivity index (χ4n) is 5.91. The summed E-state index contributed by atoms with van der Waals surface area (Å²) in [6.07, 6.45) is 1.69. The fraction of sp³-hybridized carbons (Fsp3) is 0.257. The quantitative estimate of drug-likeness (QED) is 0.116. The van der Waals surface area contributed by atoms with E-state index in [0.717, 1.165) is 0 Å². The molecule has 5 N–H and O–H groups in total. The molecule has 274 valence electrons. The molecule has 0 spiro atoms. The number of aromatic carboxylic acids is 1. The monoisotopic (exact) mass is 743 g/mol. The van der Waals surface area contributed by atoms with Crippen LogP contribution >= 0.6 is 11.6 Å². The molecule has 2 aromatic heterocycles. The Balaban J connectivity index is 1.25. The van der Waals surface area contributed by atoms with Gasteiger partial charge in [0.15, 0.2) is 0 Å². The summed E-state index contributed by atoms with van der Waals surface area (Å²) in [7, 11) is 0. The zero-order valence-corrected chi connectivity index (χ0v) is 29.2. The summed E-state index contributed by atoms with van der Waals surface area (Å²) < 4.78 is 6.66. The van der Waals surface area contributed by atoms with Crippen molar-refractivity contribution in [2.75, 3.05) is 35.2 Å². The highest BCUT2D eigenvalue weighted by Crippen LogP contribution is 2.30. The van der Waals surface area contributed by atoms with E-state index in [4.69, 9.17) is 16.0 Å². The van der Waals surface area contributed by atoms with E-state index < -0.39 is 41.3 Å². The lowest BCUT2D eigenvalue weighted by atomic mass is 10.0. The van der Waals surface area contributed by atoms with Crippen molar-refractivity contribution >= 4 is 69.4 Å². The number of halogens is 1. The van der Waals surface area contributed by atoms with Crippen LogP contribution in [0.2, 0.25) is 5.02 Å². The van der Waals surface area contributed by atoms with Crippen LogP contribution in [0.4, 0.5) is 21.9 Å². The first-order valence-electron chi connectivity index (χ1n) is 16.3. The van der Waals surface area contributed by atoms with Crippen LogP contribution in [0.3, 0.4) is 0 Å². The molecule has 0 saturated carbocycles. The highest BCUT2D eigenvalue weighted by atomic mass is 35.5. The number of rotatable bonds is 12. The second-order valence-corrected chi connectivity index (χ2v) is 13.3. The number of carboxylic acids is 1. The Morgan fingerprint density at radius 3 is 2.40 bits per heavy atom. The van der Waals surface area contributed by atoms with E-state index in [1.807, 2.05) is 0 Å². The van der Waals surface area contributed by atoms with Gasteiger partial charge in [-0.1, -0.05) is 23.7 Å². The fourth-order valence-corrected chi connectivity index (χ4v) is 6.08. The third-order valence-electron chi connectivity index (χ3n) is 8.58. The van der Waals surface area contributed by atoms with Gasteiger partial charge in [0.05, 0.1) is 11.4 Å². The Labute approximate surface area is 306 Å². The number of carbonyl (C=O) groups excluding carboxylic acids is 4. The molecule has 0 unspecified atom stereocenters. The average molecular weight is 744 g/mol. The van der Waals surface area contributed by atoms with Crippen LogP contribution < -0.4 is 20.9 Å². The number of piperazine rings is 1. The van der Waals surface area contributed by atoms with Gasteiger partial charge in [-0.25, -0.2) is 9.59 Å². The van der Waals surface area contributed by atoms with E-state index >= 15 is 0 Å². The number of hydrogen-bond donors (Lipinski definition) is 5. The molecular weight excluding hydrogens is 710 g/mol. The van der Waals surface area contributed by atoms with E-state index in [1.165, 1.54) is 51.1 Å². The van der Waals surface area contributed by atoms with Gasteiger partial charge in [0.1, 0.15) is 18.0 Å². The van der Waals surface area contributed by atoms with E-state index in [0.29, 0.717) is 50.7 Å².